The van der Waals surface area contributed by atoms with Gasteiger partial charge in [0.1, 0.15) is 0 Å². The minimum absolute atomic E-state index is 0.0756. The molecule has 1 amide bonds. The maximum Gasteiger partial charge on any atom is 0.223 e. The molecule has 0 spiro atoms. The molecule has 162 valence electrons. The van der Waals surface area contributed by atoms with E-state index in [1.54, 1.807) is 21.3 Å². The predicted molar refractivity (Wildman–Crippen MR) is 117 cm³/mol. The largest absolute Gasteiger partial charge is 0.493 e. The van der Waals surface area contributed by atoms with Crippen molar-refractivity contribution in [3.05, 3.63) is 53.1 Å². The van der Waals surface area contributed by atoms with E-state index in [9.17, 15) is 4.79 Å². The summed E-state index contributed by atoms with van der Waals surface area (Å²) in [5, 5.41) is 3.09. The quantitative estimate of drug-likeness (QED) is 0.719. The highest BCUT2D eigenvalue weighted by Gasteiger charge is 2.25. The molecule has 0 saturated carbocycles. The minimum atomic E-state index is 0.0756. The molecule has 3 rings (SSSR count). The van der Waals surface area contributed by atoms with E-state index >= 15 is 0 Å². The van der Waals surface area contributed by atoms with Crippen molar-refractivity contribution in [3.63, 3.8) is 0 Å². The van der Waals surface area contributed by atoms with Crippen LogP contribution >= 0.6 is 0 Å². The lowest BCUT2D eigenvalue weighted by atomic mass is 9.95. The Hall–Kier alpha value is -2.73. The van der Waals surface area contributed by atoms with Gasteiger partial charge in [0.05, 0.1) is 21.3 Å². The van der Waals surface area contributed by atoms with Gasteiger partial charge in [-0.2, -0.15) is 0 Å². The minimum Gasteiger partial charge on any atom is -0.493 e. The Kier molecular flexibility index (Phi) is 7.57. The molecule has 1 fully saturated rings. The molecule has 0 aliphatic carbocycles. The van der Waals surface area contributed by atoms with Crippen LogP contribution in [0.15, 0.2) is 36.4 Å². The Morgan fingerprint density at radius 2 is 1.57 bits per heavy atom. The summed E-state index contributed by atoms with van der Waals surface area (Å²) in [5.74, 6) is 2.16. The summed E-state index contributed by atoms with van der Waals surface area (Å²) in [4.78, 5) is 14.9. The zero-order valence-corrected chi connectivity index (χ0v) is 18.4. The molecule has 6 nitrogen and oxygen atoms in total. The predicted octanol–water partition coefficient (Wildman–Crippen LogP) is 3.55. The lowest BCUT2D eigenvalue weighted by Crippen LogP contribution is -2.40. The monoisotopic (exact) mass is 412 g/mol. The molecule has 1 aliphatic rings. The molecule has 6 heteroatoms. The summed E-state index contributed by atoms with van der Waals surface area (Å²) in [6.07, 6.45) is 1.73. The van der Waals surface area contributed by atoms with E-state index in [1.807, 2.05) is 12.1 Å². The second kappa shape index (κ2) is 10.3. The first kappa shape index (κ1) is 22.0. The summed E-state index contributed by atoms with van der Waals surface area (Å²) in [5.41, 5.74) is 3.46. The molecule has 0 radical (unpaired) electrons. The molecule has 0 bridgehead atoms. The average molecular weight is 413 g/mol. The molecule has 30 heavy (non-hydrogen) atoms. The molecule has 1 N–H and O–H groups in total. The van der Waals surface area contributed by atoms with Crippen molar-refractivity contribution >= 4 is 5.91 Å². The number of likely N-dealkylation sites (tertiary alicyclic amines) is 1. The number of nitrogens with zero attached hydrogens (tertiary/aromatic N) is 1. The molecule has 1 saturated heterocycles. The Bertz CT molecular complexity index is 818. The number of piperidine rings is 1. The number of methoxy groups -OCH3 is 3. The van der Waals surface area contributed by atoms with Gasteiger partial charge in [-0.05, 0) is 56.1 Å². The van der Waals surface area contributed by atoms with Gasteiger partial charge in [0, 0.05) is 19.0 Å². The van der Waals surface area contributed by atoms with Gasteiger partial charge in [0.25, 0.3) is 0 Å². The van der Waals surface area contributed by atoms with Gasteiger partial charge in [-0.3, -0.25) is 9.69 Å². The van der Waals surface area contributed by atoms with Crippen LogP contribution in [0.5, 0.6) is 17.2 Å². The molecule has 0 aromatic heterocycles. The first-order valence-corrected chi connectivity index (χ1v) is 10.4. The zero-order chi connectivity index (χ0) is 21.5. The lowest BCUT2D eigenvalue weighted by Gasteiger charge is -2.31. The number of carbonyl (C=O) groups excluding carboxylic acids is 1. The lowest BCUT2D eigenvalue weighted by molar-refractivity contribution is -0.126. The summed E-state index contributed by atoms with van der Waals surface area (Å²) in [6, 6.07) is 12.3. The van der Waals surface area contributed by atoms with Crippen molar-refractivity contribution < 1.29 is 19.0 Å². The summed E-state index contributed by atoms with van der Waals surface area (Å²) in [6.45, 7) is 5.21. The Labute approximate surface area is 179 Å². The molecule has 2 aromatic carbocycles. The van der Waals surface area contributed by atoms with Crippen LogP contribution in [-0.2, 0) is 17.9 Å². The van der Waals surface area contributed by atoms with Gasteiger partial charge in [0.15, 0.2) is 11.5 Å². The van der Waals surface area contributed by atoms with E-state index in [1.165, 1.54) is 5.56 Å². The van der Waals surface area contributed by atoms with Crippen molar-refractivity contribution in [1.82, 2.24) is 10.2 Å². The number of ether oxygens (including phenoxy) is 3. The van der Waals surface area contributed by atoms with Gasteiger partial charge in [0.2, 0.25) is 11.7 Å². The van der Waals surface area contributed by atoms with Gasteiger partial charge in [-0.25, -0.2) is 0 Å². The van der Waals surface area contributed by atoms with Crippen LogP contribution in [0.2, 0.25) is 0 Å². The van der Waals surface area contributed by atoms with Crippen LogP contribution in [0.25, 0.3) is 0 Å². The Morgan fingerprint density at radius 3 is 2.10 bits per heavy atom. The van der Waals surface area contributed by atoms with Crippen molar-refractivity contribution in [2.45, 2.75) is 32.9 Å². The number of benzene rings is 2. The van der Waals surface area contributed by atoms with Crippen LogP contribution in [0.1, 0.15) is 29.5 Å². The molecule has 2 aromatic rings. The highest BCUT2D eigenvalue weighted by Crippen LogP contribution is 2.38. The van der Waals surface area contributed by atoms with Crippen LogP contribution in [0.3, 0.4) is 0 Å². The fraction of sp³-hybridized carbons (Fsp3) is 0.458. The summed E-state index contributed by atoms with van der Waals surface area (Å²) >= 11 is 0. The SMILES string of the molecule is COc1cc(CN2CCC(C(=O)NCc3ccc(C)cc3)CC2)cc(OC)c1OC. The standard InChI is InChI=1S/C24H32N2O4/c1-17-5-7-18(8-6-17)15-25-24(27)20-9-11-26(12-10-20)16-19-13-21(28-2)23(30-4)22(14-19)29-3/h5-8,13-14,20H,9-12,15-16H2,1-4H3,(H,25,27). The van der Waals surface area contributed by atoms with Gasteiger partial charge in [-0.1, -0.05) is 29.8 Å². The third-order valence-corrected chi connectivity index (χ3v) is 5.68. The molecular formula is C24H32N2O4. The van der Waals surface area contributed by atoms with Crippen molar-refractivity contribution in [2.75, 3.05) is 34.4 Å². The highest BCUT2D eigenvalue weighted by molar-refractivity contribution is 5.78. The van der Waals surface area contributed by atoms with Crippen LogP contribution in [-0.4, -0.2) is 45.2 Å². The summed E-state index contributed by atoms with van der Waals surface area (Å²) in [7, 11) is 4.86. The second-order valence-electron chi connectivity index (χ2n) is 7.79. The number of amides is 1. The van der Waals surface area contributed by atoms with E-state index in [4.69, 9.17) is 14.2 Å². The molecular weight excluding hydrogens is 380 g/mol. The summed E-state index contributed by atoms with van der Waals surface area (Å²) < 4.78 is 16.3. The van der Waals surface area contributed by atoms with E-state index in [0.717, 1.165) is 43.6 Å². The Balaban J connectivity index is 1.51. The number of nitrogens with one attached hydrogen (secondary N) is 1. The zero-order valence-electron chi connectivity index (χ0n) is 18.4. The topological polar surface area (TPSA) is 60.0 Å². The normalized spacial score (nSPS) is 14.9. The Morgan fingerprint density at radius 1 is 0.967 bits per heavy atom. The fourth-order valence-electron chi connectivity index (χ4n) is 3.88. The maximum atomic E-state index is 12.6. The van der Waals surface area contributed by atoms with E-state index < -0.39 is 0 Å². The van der Waals surface area contributed by atoms with Crippen molar-refractivity contribution in [2.24, 2.45) is 5.92 Å². The third-order valence-electron chi connectivity index (χ3n) is 5.68. The van der Waals surface area contributed by atoms with E-state index in [2.05, 4.69) is 41.4 Å². The van der Waals surface area contributed by atoms with Crippen LogP contribution in [0, 0.1) is 12.8 Å². The maximum absolute atomic E-state index is 12.6. The number of carbonyl (C=O) groups is 1. The van der Waals surface area contributed by atoms with Gasteiger partial charge >= 0.3 is 0 Å². The molecule has 0 atom stereocenters. The first-order chi connectivity index (χ1) is 14.5. The second-order valence-corrected chi connectivity index (χ2v) is 7.79. The van der Waals surface area contributed by atoms with Crippen LogP contribution < -0.4 is 19.5 Å². The number of hydrogen-bond acceptors (Lipinski definition) is 5. The number of rotatable bonds is 8. The van der Waals surface area contributed by atoms with Gasteiger partial charge < -0.3 is 19.5 Å². The number of aryl methyl sites for hydroxylation is 1. The van der Waals surface area contributed by atoms with E-state index in [-0.39, 0.29) is 11.8 Å². The van der Waals surface area contributed by atoms with Crippen molar-refractivity contribution in [3.8, 4) is 17.2 Å². The third kappa shape index (κ3) is 5.45. The fourth-order valence-corrected chi connectivity index (χ4v) is 3.88. The highest BCUT2D eigenvalue weighted by atomic mass is 16.5. The smallest absolute Gasteiger partial charge is 0.223 e. The molecule has 0 unspecified atom stereocenters. The first-order valence-electron chi connectivity index (χ1n) is 10.4. The van der Waals surface area contributed by atoms with Crippen LogP contribution in [0.4, 0.5) is 0 Å². The number of hydrogen-bond donors (Lipinski definition) is 1. The van der Waals surface area contributed by atoms with E-state index in [0.29, 0.717) is 23.8 Å². The molecule has 1 heterocycles. The van der Waals surface area contributed by atoms with Crippen molar-refractivity contribution in [1.29, 1.82) is 0 Å². The molecule has 1 aliphatic heterocycles. The van der Waals surface area contributed by atoms with Gasteiger partial charge in [-0.15, -0.1) is 0 Å². The average Bonchev–Trinajstić information content (AvgIpc) is 2.78.